The van der Waals surface area contributed by atoms with E-state index in [0.29, 0.717) is 5.89 Å². The van der Waals surface area contributed by atoms with Gasteiger partial charge in [-0.05, 0) is 82.2 Å². The molecule has 0 N–H and O–H groups in total. The van der Waals surface area contributed by atoms with E-state index in [0.717, 1.165) is 27.7 Å². The summed E-state index contributed by atoms with van der Waals surface area (Å²) in [5, 5.41) is 9.93. The van der Waals surface area contributed by atoms with Crippen molar-refractivity contribution in [1.82, 2.24) is 9.55 Å². The molecule has 10 rings (SSSR count). The van der Waals surface area contributed by atoms with Gasteiger partial charge < -0.3 is 8.98 Å². The fraction of sp³-hybridized carbons (Fsp3) is 0. The van der Waals surface area contributed by atoms with E-state index < -0.39 is 0 Å². The second kappa shape index (κ2) is 8.54. The van der Waals surface area contributed by atoms with E-state index in [1.54, 1.807) is 11.3 Å². The standard InChI is InChI=1S/C39H22N2OS/c1-2-9-26-22-33-30(21-25(26)8-1)36-28-10-4-3-7-23(28)15-19-32(36)41(33)27-16-13-24(14-17-27)39-40-31-18-20-35-37(38(31)42-39)29-11-5-6-12-34(29)43-35/h1-22H. The van der Waals surface area contributed by atoms with Gasteiger partial charge in [-0.1, -0.05) is 72.8 Å². The maximum Gasteiger partial charge on any atom is 0.227 e. The Hall–Kier alpha value is -5.45. The van der Waals surface area contributed by atoms with Crippen LogP contribution in [0, 0.1) is 0 Å². The van der Waals surface area contributed by atoms with E-state index in [2.05, 4.69) is 138 Å². The molecule has 0 aliphatic carbocycles. The van der Waals surface area contributed by atoms with Crippen LogP contribution >= 0.6 is 11.3 Å². The smallest absolute Gasteiger partial charge is 0.227 e. The lowest BCUT2D eigenvalue weighted by molar-refractivity contribution is 0.623. The summed E-state index contributed by atoms with van der Waals surface area (Å²) < 4.78 is 11.4. The molecule has 3 heterocycles. The van der Waals surface area contributed by atoms with Crippen LogP contribution < -0.4 is 0 Å². The lowest BCUT2D eigenvalue weighted by Gasteiger charge is -2.09. The molecule has 0 unspecified atom stereocenters. The second-order valence-corrected chi connectivity index (χ2v) is 12.3. The van der Waals surface area contributed by atoms with Crippen LogP contribution in [0.25, 0.3) is 91.8 Å². The number of hydrogen-bond donors (Lipinski definition) is 0. The second-order valence-electron chi connectivity index (χ2n) is 11.2. The summed E-state index contributed by atoms with van der Waals surface area (Å²) in [5.41, 5.74) is 6.21. The van der Waals surface area contributed by atoms with Crippen LogP contribution in [0.2, 0.25) is 0 Å². The van der Waals surface area contributed by atoms with Gasteiger partial charge in [-0.15, -0.1) is 11.3 Å². The van der Waals surface area contributed by atoms with E-state index in [4.69, 9.17) is 9.40 Å². The van der Waals surface area contributed by atoms with Crippen LogP contribution in [-0.2, 0) is 0 Å². The van der Waals surface area contributed by atoms with Gasteiger partial charge in [0.15, 0.2) is 5.58 Å². The number of rotatable bonds is 2. The summed E-state index contributed by atoms with van der Waals surface area (Å²) in [6.07, 6.45) is 0. The van der Waals surface area contributed by atoms with Crippen LogP contribution in [0.1, 0.15) is 0 Å². The van der Waals surface area contributed by atoms with Crippen LogP contribution in [0.5, 0.6) is 0 Å². The van der Waals surface area contributed by atoms with Gasteiger partial charge in [-0.25, -0.2) is 4.98 Å². The molecular weight excluding hydrogens is 545 g/mol. The highest BCUT2D eigenvalue weighted by Gasteiger charge is 2.18. The molecular formula is C39H22N2OS. The molecule has 7 aromatic carbocycles. The minimum Gasteiger partial charge on any atom is -0.435 e. The molecule has 4 heteroatoms. The van der Waals surface area contributed by atoms with Gasteiger partial charge in [0, 0.05) is 42.2 Å². The van der Waals surface area contributed by atoms with Crippen molar-refractivity contribution in [3.63, 3.8) is 0 Å². The maximum atomic E-state index is 6.49. The number of oxazole rings is 1. The van der Waals surface area contributed by atoms with Gasteiger partial charge in [-0.2, -0.15) is 0 Å². The molecule has 0 saturated carbocycles. The zero-order valence-electron chi connectivity index (χ0n) is 22.9. The molecule has 0 aliphatic heterocycles. The third-order valence-corrected chi connectivity index (χ3v) is 9.93. The first-order valence-corrected chi connectivity index (χ1v) is 15.3. The molecule has 0 fully saturated rings. The average molecular weight is 567 g/mol. The zero-order chi connectivity index (χ0) is 28.1. The lowest BCUT2D eigenvalue weighted by Crippen LogP contribution is -1.94. The van der Waals surface area contributed by atoms with E-state index in [9.17, 15) is 0 Å². The van der Waals surface area contributed by atoms with Gasteiger partial charge in [-0.3, -0.25) is 0 Å². The fourth-order valence-electron chi connectivity index (χ4n) is 6.82. The van der Waals surface area contributed by atoms with Crippen LogP contribution in [0.4, 0.5) is 0 Å². The van der Waals surface area contributed by atoms with E-state index in [-0.39, 0.29) is 0 Å². The molecule has 3 nitrogen and oxygen atoms in total. The van der Waals surface area contributed by atoms with Crippen LogP contribution in [-0.4, -0.2) is 9.55 Å². The molecule has 0 spiro atoms. The molecule has 0 radical (unpaired) electrons. The SMILES string of the molecule is c1ccc2cc3c(cc2c1)c1c2ccccc2ccc1n3-c1ccc(-c2nc3ccc4sc5ccccc5c4c3o2)cc1. The number of hydrogen-bond acceptors (Lipinski definition) is 3. The zero-order valence-corrected chi connectivity index (χ0v) is 23.7. The number of thiophene rings is 1. The van der Waals surface area contributed by atoms with Crippen molar-refractivity contribution in [1.29, 1.82) is 0 Å². The molecule has 3 aromatic heterocycles. The average Bonchev–Trinajstić information content (AvgIpc) is 3.75. The monoisotopic (exact) mass is 566 g/mol. The van der Waals surface area contributed by atoms with Crippen molar-refractivity contribution in [2.45, 2.75) is 0 Å². The summed E-state index contributed by atoms with van der Waals surface area (Å²) in [5.74, 6) is 0.642. The predicted molar refractivity (Wildman–Crippen MR) is 182 cm³/mol. The molecule has 0 saturated heterocycles. The largest absolute Gasteiger partial charge is 0.435 e. The first-order chi connectivity index (χ1) is 21.3. The van der Waals surface area contributed by atoms with Crippen molar-refractivity contribution in [3.05, 3.63) is 133 Å². The predicted octanol–water partition coefficient (Wildman–Crippen LogP) is 11.3. The van der Waals surface area contributed by atoms with Crippen LogP contribution in [0.3, 0.4) is 0 Å². The molecule has 0 bridgehead atoms. The van der Waals surface area contributed by atoms with Gasteiger partial charge >= 0.3 is 0 Å². The molecule has 200 valence electrons. The van der Waals surface area contributed by atoms with Gasteiger partial charge in [0.25, 0.3) is 0 Å². The van der Waals surface area contributed by atoms with E-state index in [1.807, 2.05) is 0 Å². The third-order valence-electron chi connectivity index (χ3n) is 8.79. The fourth-order valence-corrected chi connectivity index (χ4v) is 7.93. The van der Waals surface area contributed by atoms with E-state index >= 15 is 0 Å². The third kappa shape index (κ3) is 3.27. The quantitative estimate of drug-likeness (QED) is 0.208. The Bertz CT molecular complexity index is 2730. The van der Waals surface area contributed by atoms with Crippen molar-refractivity contribution in [3.8, 4) is 17.1 Å². The highest BCUT2D eigenvalue weighted by Crippen LogP contribution is 2.41. The highest BCUT2D eigenvalue weighted by molar-refractivity contribution is 7.26. The van der Waals surface area contributed by atoms with Gasteiger partial charge in [0.05, 0.1) is 11.0 Å². The Morgan fingerprint density at radius 1 is 0.535 bits per heavy atom. The Balaban J connectivity index is 1.18. The summed E-state index contributed by atoms with van der Waals surface area (Å²) in [7, 11) is 0. The number of fused-ring (bicyclic) bond motifs is 11. The van der Waals surface area contributed by atoms with Crippen molar-refractivity contribution in [2.24, 2.45) is 0 Å². The normalized spacial score (nSPS) is 12.2. The number of aromatic nitrogens is 2. The molecule has 0 amide bonds. The first kappa shape index (κ1) is 23.1. The molecule has 0 atom stereocenters. The summed E-state index contributed by atoms with van der Waals surface area (Å²) in [4.78, 5) is 4.91. The maximum absolute atomic E-state index is 6.49. The van der Waals surface area contributed by atoms with Crippen molar-refractivity contribution >= 4 is 86.0 Å². The summed E-state index contributed by atoms with van der Waals surface area (Å²) in [6.45, 7) is 0. The van der Waals surface area contributed by atoms with Gasteiger partial charge in [0.2, 0.25) is 5.89 Å². The summed E-state index contributed by atoms with van der Waals surface area (Å²) >= 11 is 1.79. The Labute approximate surface area is 249 Å². The molecule has 0 aliphatic rings. The first-order valence-electron chi connectivity index (χ1n) is 14.5. The van der Waals surface area contributed by atoms with Crippen molar-refractivity contribution < 1.29 is 4.42 Å². The highest BCUT2D eigenvalue weighted by atomic mass is 32.1. The molecule has 10 aromatic rings. The summed E-state index contributed by atoms with van der Waals surface area (Å²) in [6, 6.07) is 47.8. The Kier molecular flexibility index (Phi) is 4.60. The Morgan fingerprint density at radius 2 is 1.28 bits per heavy atom. The minimum atomic E-state index is 0.642. The Morgan fingerprint density at radius 3 is 2.14 bits per heavy atom. The van der Waals surface area contributed by atoms with E-state index in [1.165, 1.54) is 58.1 Å². The van der Waals surface area contributed by atoms with Gasteiger partial charge in [0.1, 0.15) is 5.52 Å². The number of nitrogens with zero attached hydrogens (tertiary/aromatic N) is 2. The topological polar surface area (TPSA) is 31.0 Å². The minimum absolute atomic E-state index is 0.642. The number of benzene rings is 7. The lowest BCUT2D eigenvalue weighted by atomic mass is 10.0. The molecule has 43 heavy (non-hydrogen) atoms. The van der Waals surface area contributed by atoms with Crippen molar-refractivity contribution in [2.75, 3.05) is 0 Å². The van der Waals surface area contributed by atoms with Crippen LogP contribution in [0.15, 0.2) is 138 Å².